The molecule has 27 heavy (non-hydrogen) atoms. The molecule has 3 heterocycles. The quantitative estimate of drug-likeness (QED) is 0.683. The standard InChI is InChI=1S/C21H32N4OS/c1-2-26-18-9-10-19-20(15-18)25(17-23-13-7-4-8-14-23)21(27)24(19)16-22-11-5-3-6-12-22/h9-10,15H,2-8,11-14,16-17H2,1H3. The van der Waals surface area contributed by atoms with E-state index in [1.165, 1.54) is 75.7 Å². The van der Waals surface area contributed by atoms with Gasteiger partial charge in [0.2, 0.25) is 0 Å². The molecule has 0 aliphatic carbocycles. The Hall–Kier alpha value is -1.37. The number of aromatic nitrogens is 2. The van der Waals surface area contributed by atoms with Gasteiger partial charge in [0.25, 0.3) is 0 Å². The number of benzene rings is 1. The Balaban J connectivity index is 1.70. The van der Waals surface area contributed by atoms with Crippen LogP contribution in [0.2, 0.25) is 0 Å². The summed E-state index contributed by atoms with van der Waals surface area (Å²) in [5, 5.41) is 0. The van der Waals surface area contributed by atoms with Gasteiger partial charge in [-0.2, -0.15) is 0 Å². The molecule has 1 aromatic carbocycles. The number of ether oxygens (including phenoxy) is 1. The van der Waals surface area contributed by atoms with Crippen molar-refractivity contribution < 1.29 is 4.74 Å². The van der Waals surface area contributed by atoms with Crippen LogP contribution >= 0.6 is 12.2 Å². The maximum Gasteiger partial charge on any atom is 0.183 e. The molecule has 0 spiro atoms. The Morgan fingerprint density at radius 2 is 1.37 bits per heavy atom. The molecule has 0 amide bonds. The van der Waals surface area contributed by atoms with Crippen LogP contribution in [0.15, 0.2) is 18.2 Å². The smallest absolute Gasteiger partial charge is 0.183 e. The van der Waals surface area contributed by atoms with Gasteiger partial charge in [0, 0.05) is 6.07 Å². The minimum atomic E-state index is 0.687. The average molecular weight is 389 g/mol. The lowest BCUT2D eigenvalue weighted by molar-refractivity contribution is 0.173. The Labute approximate surface area is 167 Å². The van der Waals surface area contributed by atoms with Crippen molar-refractivity contribution in [1.82, 2.24) is 18.9 Å². The van der Waals surface area contributed by atoms with Gasteiger partial charge in [0.1, 0.15) is 5.75 Å². The predicted molar refractivity (Wildman–Crippen MR) is 113 cm³/mol. The van der Waals surface area contributed by atoms with Crippen molar-refractivity contribution in [3.05, 3.63) is 23.0 Å². The van der Waals surface area contributed by atoms with E-state index in [9.17, 15) is 0 Å². The highest BCUT2D eigenvalue weighted by molar-refractivity contribution is 7.71. The lowest BCUT2D eigenvalue weighted by Gasteiger charge is -2.27. The third-order valence-corrected chi connectivity index (χ3v) is 6.32. The highest BCUT2D eigenvalue weighted by atomic mass is 32.1. The lowest BCUT2D eigenvalue weighted by atomic mass is 10.1. The first-order valence-electron chi connectivity index (χ1n) is 10.6. The molecule has 0 N–H and O–H groups in total. The SMILES string of the molecule is CCOc1ccc2c(c1)n(CN1CCCCC1)c(=S)n2CN1CCCCC1. The summed E-state index contributed by atoms with van der Waals surface area (Å²) >= 11 is 5.97. The molecule has 5 nitrogen and oxygen atoms in total. The van der Waals surface area contributed by atoms with Crippen LogP contribution in [0.25, 0.3) is 11.0 Å². The largest absolute Gasteiger partial charge is 0.494 e. The van der Waals surface area contributed by atoms with E-state index in [1.807, 2.05) is 6.92 Å². The molecule has 2 aliphatic heterocycles. The van der Waals surface area contributed by atoms with Crippen LogP contribution in [-0.4, -0.2) is 51.7 Å². The maximum absolute atomic E-state index is 5.97. The zero-order valence-corrected chi connectivity index (χ0v) is 17.3. The van der Waals surface area contributed by atoms with Crippen LogP contribution in [0.5, 0.6) is 5.75 Å². The fraction of sp³-hybridized carbons (Fsp3) is 0.667. The number of fused-ring (bicyclic) bond motifs is 1. The number of hydrogen-bond acceptors (Lipinski definition) is 4. The topological polar surface area (TPSA) is 25.6 Å². The van der Waals surface area contributed by atoms with Crippen molar-refractivity contribution in [3.8, 4) is 5.75 Å². The molecule has 0 unspecified atom stereocenters. The normalized spacial score (nSPS) is 19.6. The van der Waals surface area contributed by atoms with Crippen molar-refractivity contribution in [3.63, 3.8) is 0 Å². The van der Waals surface area contributed by atoms with E-state index in [4.69, 9.17) is 17.0 Å². The highest BCUT2D eigenvalue weighted by Crippen LogP contribution is 2.25. The molecular weight excluding hydrogens is 356 g/mol. The molecule has 0 bridgehead atoms. The highest BCUT2D eigenvalue weighted by Gasteiger charge is 2.18. The first-order chi connectivity index (χ1) is 13.3. The van der Waals surface area contributed by atoms with Gasteiger partial charge in [0.15, 0.2) is 4.77 Å². The van der Waals surface area contributed by atoms with Gasteiger partial charge in [-0.1, -0.05) is 12.8 Å². The van der Waals surface area contributed by atoms with Crippen LogP contribution in [0.3, 0.4) is 0 Å². The summed E-state index contributed by atoms with van der Waals surface area (Å²) in [5.41, 5.74) is 2.43. The zero-order chi connectivity index (χ0) is 18.6. The number of nitrogens with zero attached hydrogens (tertiary/aromatic N) is 4. The van der Waals surface area contributed by atoms with Gasteiger partial charge in [-0.25, -0.2) is 0 Å². The number of imidazole rings is 1. The maximum atomic E-state index is 5.97. The summed E-state index contributed by atoms with van der Waals surface area (Å²) in [7, 11) is 0. The van der Waals surface area contributed by atoms with Gasteiger partial charge in [0.05, 0.1) is 31.0 Å². The van der Waals surface area contributed by atoms with E-state index in [1.54, 1.807) is 0 Å². The van der Waals surface area contributed by atoms with Gasteiger partial charge >= 0.3 is 0 Å². The summed E-state index contributed by atoms with van der Waals surface area (Å²) in [6, 6.07) is 6.44. The first-order valence-corrected chi connectivity index (χ1v) is 11.0. The second-order valence-corrected chi connectivity index (χ2v) is 8.23. The minimum Gasteiger partial charge on any atom is -0.494 e. The van der Waals surface area contributed by atoms with Crippen molar-refractivity contribution in [2.75, 3.05) is 32.8 Å². The van der Waals surface area contributed by atoms with E-state index in [-0.39, 0.29) is 0 Å². The third kappa shape index (κ3) is 4.23. The van der Waals surface area contributed by atoms with Crippen molar-refractivity contribution in [2.24, 2.45) is 0 Å². The predicted octanol–water partition coefficient (Wildman–Crippen LogP) is 4.46. The van der Waals surface area contributed by atoms with Gasteiger partial charge in [-0.05, 0) is 83.1 Å². The van der Waals surface area contributed by atoms with Crippen LogP contribution in [0.4, 0.5) is 0 Å². The number of piperidine rings is 2. The molecule has 0 radical (unpaired) electrons. The second kappa shape index (κ2) is 8.76. The third-order valence-electron chi connectivity index (χ3n) is 5.88. The summed E-state index contributed by atoms with van der Waals surface area (Å²) in [4.78, 5) is 5.08. The summed E-state index contributed by atoms with van der Waals surface area (Å²) in [6.07, 6.45) is 7.90. The summed E-state index contributed by atoms with van der Waals surface area (Å²) < 4.78 is 11.4. The van der Waals surface area contributed by atoms with E-state index in [2.05, 4.69) is 37.1 Å². The number of rotatable bonds is 6. The second-order valence-electron chi connectivity index (χ2n) is 7.86. The molecule has 6 heteroatoms. The average Bonchev–Trinajstić information content (AvgIpc) is 2.95. The molecule has 0 atom stereocenters. The summed E-state index contributed by atoms with van der Waals surface area (Å²) in [5.74, 6) is 0.933. The van der Waals surface area contributed by atoms with Gasteiger partial charge in [-0.15, -0.1) is 0 Å². The number of hydrogen-bond donors (Lipinski definition) is 0. The van der Waals surface area contributed by atoms with E-state index in [0.29, 0.717) is 6.61 Å². The molecule has 4 rings (SSSR count). The minimum absolute atomic E-state index is 0.687. The Morgan fingerprint density at radius 3 is 1.93 bits per heavy atom. The zero-order valence-electron chi connectivity index (χ0n) is 16.5. The molecule has 1 aromatic heterocycles. The summed E-state index contributed by atoms with van der Waals surface area (Å²) in [6.45, 7) is 9.21. The van der Waals surface area contributed by atoms with Crippen LogP contribution in [0, 0.1) is 4.77 Å². The molecule has 2 aromatic rings. The Morgan fingerprint density at radius 1 is 0.815 bits per heavy atom. The molecule has 148 valence electrons. The van der Waals surface area contributed by atoms with Crippen molar-refractivity contribution in [1.29, 1.82) is 0 Å². The van der Waals surface area contributed by atoms with Crippen molar-refractivity contribution >= 4 is 23.3 Å². The number of likely N-dealkylation sites (tertiary alicyclic amines) is 2. The van der Waals surface area contributed by atoms with Crippen LogP contribution in [0.1, 0.15) is 45.4 Å². The molecule has 2 fully saturated rings. The first kappa shape index (κ1) is 19.0. The van der Waals surface area contributed by atoms with E-state index in [0.717, 1.165) is 23.9 Å². The lowest BCUT2D eigenvalue weighted by Crippen LogP contribution is -2.33. The molecule has 2 aliphatic rings. The molecule has 2 saturated heterocycles. The molecule has 0 saturated carbocycles. The van der Waals surface area contributed by atoms with Gasteiger partial charge in [-0.3, -0.25) is 9.80 Å². The Bertz CT molecular complexity index is 815. The van der Waals surface area contributed by atoms with E-state index >= 15 is 0 Å². The van der Waals surface area contributed by atoms with E-state index < -0.39 is 0 Å². The van der Waals surface area contributed by atoms with Crippen LogP contribution in [-0.2, 0) is 13.3 Å². The van der Waals surface area contributed by atoms with Crippen molar-refractivity contribution in [2.45, 2.75) is 58.8 Å². The van der Waals surface area contributed by atoms with Crippen LogP contribution < -0.4 is 4.74 Å². The fourth-order valence-corrected chi connectivity index (χ4v) is 4.74. The monoisotopic (exact) mass is 388 g/mol. The molecular formula is C21H32N4OS. The van der Waals surface area contributed by atoms with Gasteiger partial charge < -0.3 is 13.9 Å². The fourth-order valence-electron chi connectivity index (χ4n) is 4.43. The Kier molecular flexibility index (Phi) is 6.15.